The summed E-state index contributed by atoms with van der Waals surface area (Å²) in [6.45, 7) is 13.4. The molecule has 0 aliphatic carbocycles. The summed E-state index contributed by atoms with van der Waals surface area (Å²) in [6.07, 6.45) is 3.75. The Morgan fingerprint density at radius 3 is 2.71 bits per heavy atom. The van der Waals surface area contributed by atoms with Crippen molar-refractivity contribution < 1.29 is 9.53 Å². The second-order valence-electron chi connectivity index (χ2n) is 6.90. The lowest BCUT2D eigenvalue weighted by Crippen LogP contribution is -2.48. The van der Waals surface area contributed by atoms with Gasteiger partial charge in [0, 0.05) is 38.9 Å². The van der Waals surface area contributed by atoms with Gasteiger partial charge in [0.25, 0.3) is 0 Å². The molecule has 1 atom stereocenters. The van der Waals surface area contributed by atoms with E-state index in [4.69, 9.17) is 9.73 Å². The molecule has 0 spiro atoms. The summed E-state index contributed by atoms with van der Waals surface area (Å²) in [7, 11) is 0. The Bertz CT molecular complexity index is 628. The largest absolute Gasteiger partial charge is 0.466 e. The lowest BCUT2D eigenvalue weighted by molar-refractivity contribution is -0.149. The highest BCUT2D eigenvalue weighted by atomic mass is 16.5. The molecule has 0 saturated carbocycles. The van der Waals surface area contributed by atoms with Crippen molar-refractivity contribution in [1.29, 1.82) is 0 Å². The molecule has 1 unspecified atom stereocenters. The van der Waals surface area contributed by atoms with Gasteiger partial charge >= 0.3 is 5.97 Å². The third kappa shape index (κ3) is 6.11. The number of nitrogens with one attached hydrogen (secondary N) is 1. The molecule has 1 aliphatic rings. The highest BCUT2D eigenvalue weighted by Crippen LogP contribution is 2.18. The number of ether oxygens (including phenoxy) is 1. The number of hydrogen-bond acceptors (Lipinski definition) is 5. The summed E-state index contributed by atoms with van der Waals surface area (Å²) in [4.78, 5) is 25.9. The summed E-state index contributed by atoms with van der Waals surface area (Å²) in [5, 5.41) is 3.36. The zero-order valence-electron chi connectivity index (χ0n) is 17.8. The number of rotatable bonds is 8. The van der Waals surface area contributed by atoms with Crippen molar-refractivity contribution in [3.63, 3.8) is 0 Å². The fourth-order valence-electron chi connectivity index (χ4n) is 3.46. The Balaban J connectivity index is 2.04. The van der Waals surface area contributed by atoms with Crippen LogP contribution >= 0.6 is 0 Å². The Labute approximate surface area is 169 Å². The van der Waals surface area contributed by atoms with Crippen molar-refractivity contribution in [2.45, 2.75) is 47.1 Å². The number of aliphatic imine (C=N–C) groups is 1. The van der Waals surface area contributed by atoms with Crippen molar-refractivity contribution >= 4 is 17.7 Å². The highest BCUT2D eigenvalue weighted by Gasteiger charge is 2.28. The van der Waals surface area contributed by atoms with E-state index in [1.54, 1.807) is 0 Å². The Morgan fingerprint density at radius 2 is 2.11 bits per heavy atom. The van der Waals surface area contributed by atoms with Gasteiger partial charge < -0.3 is 19.9 Å². The van der Waals surface area contributed by atoms with Crippen LogP contribution in [0, 0.1) is 5.92 Å². The first-order valence-electron chi connectivity index (χ1n) is 10.5. The predicted molar refractivity (Wildman–Crippen MR) is 114 cm³/mol. The van der Waals surface area contributed by atoms with Crippen LogP contribution in [-0.2, 0) is 16.1 Å². The van der Waals surface area contributed by atoms with Crippen LogP contribution in [0.5, 0.6) is 0 Å². The summed E-state index contributed by atoms with van der Waals surface area (Å²) >= 11 is 0. The Kier molecular flexibility index (Phi) is 9.04. The number of likely N-dealkylation sites (tertiary alicyclic amines) is 1. The Morgan fingerprint density at radius 1 is 1.32 bits per heavy atom. The van der Waals surface area contributed by atoms with Crippen molar-refractivity contribution in [1.82, 2.24) is 15.2 Å². The predicted octanol–water partition coefficient (Wildman–Crippen LogP) is 2.67. The molecule has 7 nitrogen and oxygen atoms in total. The Hall–Kier alpha value is -2.31. The number of nitrogens with zero attached hydrogens (tertiary/aromatic N) is 4. The minimum atomic E-state index is -0.0979. The second-order valence-corrected chi connectivity index (χ2v) is 6.90. The molecule has 156 valence electrons. The molecular formula is C21H35N5O2. The summed E-state index contributed by atoms with van der Waals surface area (Å²) < 4.78 is 5.21. The smallest absolute Gasteiger partial charge is 0.310 e. The number of hydrogen-bond donors (Lipinski definition) is 1. The van der Waals surface area contributed by atoms with Crippen molar-refractivity contribution in [3.05, 3.63) is 23.9 Å². The number of guanidine groups is 1. The van der Waals surface area contributed by atoms with E-state index in [1.807, 2.05) is 13.1 Å². The molecule has 0 bridgehead atoms. The molecule has 0 radical (unpaired) electrons. The van der Waals surface area contributed by atoms with Crippen LogP contribution in [0.2, 0.25) is 0 Å². The molecule has 0 aromatic carbocycles. The van der Waals surface area contributed by atoms with Crippen molar-refractivity contribution in [2.75, 3.05) is 44.2 Å². The van der Waals surface area contributed by atoms with E-state index < -0.39 is 0 Å². The SMILES string of the molecule is CCNC(=NCc1ccc(N(CC)CC)nc1)N1CCCC(C(=O)OCC)C1. The van der Waals surface area contributed by atoms with Gasteiger partial charge in [-0.3, -0.25) is 4.79 Å². The maximum absolute atomic E-state index is 12.1. The number of piperidine rings is 1. The molecule has 1 aromatic rings. The third-order valence-corrected chi connectivity index (χ3v) is 4.98. The molecule has 1 fully saturated rings. The fraction of sp³-hybridized carbons (Fsp3) is 0.667. The maximum Gasteiger partial charge on any atom is 0.310 e. The monoisotopic (exact) mass is 389 g/mol. The maximum atomic E-state index is 12.1. The van der Waals surface area contributed by atoms with E-state index in [0.717, 1.165) is 56.4 Å². The van der Waals surface area contributed by atoms with Gasteiger partial charge in [-0.05, 0) is 52.2 Å². The van der Waals surface area contributed by atoms with Gasteiger partial charge in [-0.25, -0.2) is 9.98 Å². The van der Waals surface area contributed by atoms with Crippen LogP contribution in [-0.4, -0.2) is 61.1 Å². The van der Waals surface area contributed by atoms with Gasteiger partial charge in [-0.15, -0.1) is 0 Å². The molecule has 7 heteroatoms. The van der Waals surface area contributed by atoms with Gasteiger partial charge in [-0.2, -0.15) is 0 Å². The van der Waals surface area contributed by atoms with Crippen LogP contribution < -0.4 is 10.2 Å². The van der Waals surface area contributed by atoms with E-state index >= 15 is 0 Å². The van der Waals surface area contributed by atoms with Crippen LogP contribution in [0.4, 0.5) is 5.82 Å². The molecule has 1 aromatic heterocycles. The standard InChI is InChI=1S/C21H35N5O2/c1-5-22-21(26-13-9-10-18(16-26)20(27)28-8-4)24-15-17-11-12-19(23-14-17)25(6-2)7-3/h11-12,14,18H,5-10,13,15-16H2,1-4H3,(H,22,24). The number of anilines is 1. The van der Waals surface area contributed by atoms with Crippen LogP contribution in [0.25, 0.3) is 0 Å². The lowest BCUT2D eigenvalue weighted by atomic mass is 9.98. The average molecular weight is 390 g/mol. The van der Waals surface area contributed by atoms with Crippen molar-refractivity contribution in [3.8, 4) is 0 Å². The van der Waals surface area contributed by atoms with E-state index in [2.05, 4.69) is 53.0 Å². The van der Waals surface area contributed by atoms with Gasteiger partial charge in [0.1, 0.15) is 5.82 Å². The van der Waals surface area contributed by atoms with E-state index in [0.29, 0.717) is 19.7 Å². The van der Waals surface area contributed by atoms with E-state index in [9.17, 15) is 4.79 Å². The molecular weight excluding hydrogens is 354 g/mol. The molecule has 2 rings (SSSR count). The third-order valence-electron chi connectivity index (χ3n) is 4.98. The number of aromatic nitrogens is 1. The highest BCUT2D eigenvalue weighted by molar-refractivity contribution is 5.81. The first-order chi connectivity index (χ1) is 13.6. The van der Waals surface area contributed by atoms with Gasteiger partial charge in [-0.1, -0.05) is 6.07 Å². The zero-order chi connectivity index (χ0) is 20.4. The second kappa shape index (κ2) is 11.5. The number of carbonyl (C=O) groups excluding carboxylic acids is 1. The molecule has 1 saturated heterocycles. The average Bonchev–Trinajstić information content (AvgIpc) is 2.73. The lowest BCUT2D eigenvalue weighted by Gasteiger charge is -2.34. The van der Waals surface area contributed by atoms with Gasteiger partial charge in [0.2, 0.25) is 0 Å². The molecule has 1 N–H and O–H groups in total. The number of carbonyl (C=O) groups is 1. The first kappa shape index (κ1) is 22.0. The summed E-state index contributed by atoms with van der Waals surface area (Å²) in [6, 6.07) is 4.15. The van der Waals surface area contributed by atoms with E-state index in [1.165, 1.54) is 0 Å². The summed E-state index contributed by atoms with van der Waals surface area (Å²) in [5.41, 5.74) is 1.07. The molecule has 0 amide bonds. The quantitative estimate of drug-likeness (QED) is 0.419. The van der Waals surface area contributed by atoms with Crippen LogP contribution in [0.1, 0.15) is 46.1 Å². The van der Waals surface area contributed by atoms with Crippen molar-refractivity contribution in [2.24, 2.45) is 10.9 Å². The number of esters is 1. The minimum Gasteiger partial charge on any atom is -0.466 e. The minimum absolute atomic E-state index is 0.0763. The summed E-state index contributed by atoms with van der Waals surface area (Å²) in [5.74, 6) is 1.68. The molecule has 28 heavy (non-hydrogen) atoms. The fourth-order valence-corrected chi connectivity index (χ4v) is 3.46. The van der Waals surface area contributed by atoms with Gasteiger partial charge in [0.05, 0.1) is 19.1 Å². The topological polar surface area (TPSA) is 70.1 Å². The van der Waals surface area contributed by atoms with Gasteiger partial charge in [0.15, 0.2) is 5.96 Å². The normalized spacial score (nSPS) is 17.4. The molecule has 2 heterocycles. The van der Waals surface area contributed by atoms with Crippen LogP contribution in [0.15, 0.2) is 23.3 Å². The van der Waals surface area contributed by atoms with E-state index in [-0.39, 0.29) is 11.9 Å². The van der Waals surface area contributed by atoms with Crippen LogP contribution in [0.3, 0.4) is 0 Å². The molecule has 1 aliphatic heterocycles. The first-order valence-corrected chi connectivity index (χ1v) is 10.5. The zero-order valence-corrected chi connectivity index (χ0v) is 17.8. The number of pyridine rings is 1.